The quantitative estimate of drug-likeness (QED) is 0.523. The van der Waals surface area contributed by atoms with E-state index < -0.39 is 0 Å². The molecule has 1 saturated heterocycles. The van der Waals surface area contributed by atoms with Crippen molar-refractivity contribution in [2.24, 2.45) is 10.7 Å². The van der Waals surface area contributed by atoms with E-state index in [0.29, 0.717) is 0 Å². The predicted octanol–water partition coefficient (Wildman–Crippen LogP) is 1.80. The first-order valence-corrected chi connectivity index (χ1v) is 6.76. The Balaban J connectivity index is 2.32. The highest BCUT2D eigenvalue weighted by atomic mass is 35.5. The number of aliphatic imine (C=N–C) groups is 1. The number of para-hydroxylation sites is 1. The number of nitrogens with two attached hydrogens (primary N) is 1. The van der Waals surface area contributed by atoms with E-state index in [9.17, 15) is 4.39 Å². The first-order valence-electron chi connectivity index (χ1n) is 6.23. The Kier molecular flexibility index (Phi) is 4.61. The summed E-state index contributed by atoms with van der Waals surface area (Å²) in [7, 11) is 2.08. The lowest BCUT2D eigenvalue weighted by Crippen LogP contribution is -2.44. The van der Waals surface area contributed by atoms with E-state index in [1.165, 1.54) is 6.07 Å². The number of rotatable bonds is 3. The molecule has 19 heavy (non-hydrogen) atoms. The zero-order valence-electron chi connectivity index (χ0n) is 10.9. The Bertz CT molecular complexity index is 470. The van der Waals surface area contributed by atoms with Gasteiger partial charge in [0.05, 0.1) is 11.6 Å². The summed E-state index contributed by atoms with van der Waals surface area (Å²) in [5, 5.41) is 0. The molecule has 0 spiro atoms. The maximum atomic E-state index is 13.9. The van der Waals surface area contributed by atoms with Gasteiger partial charge in [0, 0.05) is 26.2 Å². The summed E-state index contributed by atoms with van der Waals surface area (Å²) < 4.78 is 13.9. The van der Waals surface area contributed by atoms with Crippen LogP contribution >= 0.6 is 11.6 Å². The predicted molar refractivity (Wildman–Crippen MR) is 78.1 cm³/mol. The van der Waals surface area contributed by atoms with Gasteiger partial charge < -0.3 is 15.5 Å². The second kappa shape index (κ2) is 6.21. The number of hydrogen-bond donors (Lipinski definition) is 1. The van der Waals surface area contributed by atoms with E-state index in [0.717, 1.165) is 31.9 Å². The molecule has 1 fully saturated rings. The third-order valence-electron chi connectivity index (χ3n) is 3.20. The van der Waals surface area contributed by atoms with Gasteiger partial charge in [0.2, 0.25) is 0 Å². The number of hydrogen-bond acceptors (Lipinski definition) is 3. The zero-order chi connectivity index (χ0) is 13.8. The summed E-state index contributed by atoms with van der Waals surface area (Å²) in [5.74, 6) is -0.0529. The Morgan fingerprint density at radius 3 is 2.68 bits per heavy atom. The van der Waals surface area contributed by atoms with Gasteiger partial charge in [-0.2, -0.15) is 0 Å². The number of alkyl halides is 1. The Hall–Kier alpha value is -1.33. The number of anilines is 1. The van der Waals surface area contributed by atoms with Gasteiger partial charge >= 0.3 is 0 Å². The summed E-state index contributed by atoms with van der Waals surface area (Å²) in [5.41, 5.74) is 6.68. The van der Waals surface area contributed by atoms with E-state index in [-0.39, 0.29) is 23.2 Å². The third kappa shape index (κ3) is 3.36. The molecule has 0 aliphatic carbocycles. The molecule has 1 heterocycles. The summed E-state index contributed by atoms with van der Waals surface area (Å²) >= 11 is 5.61. The highest BCUT2D eigenvalue weighted by molar-refractivity contribution is 6.28. The number of benzene rings is 1. The van der Waals surface area contributed by atoms with Gasteiger partial charge in [0.15, 0.2) is 5.82 Å². The first kappa shape index (κ1) is 14.1. The van der Waals surface area contributed by atoms with E-state index in [2.05, 4.69) is 21.8 Å². The minimum absolute atomic E-state index is 0.0938. The fraction of sp³-hybridized carbons (Fsp3) is 0.462. The number of nitrogens with zero attached hydrogens (tertiary/aromatic N) is 3. The zero-order valence-corrected chi connectivity index (χ0v) is 11.7. The van der Waals surface area contributed by atoms with Gasteiger partial charge in [-0.3, -0.25) is 0 Å². The average molecular weight is 285 g/mol. The molecule has 104 valence electrons. The minimum Gasteiger partial charge on any atom is -0.386 e. The minimum atomic E-state index is -0.371. The Morgan fingerprint density at radius 1 is 1.37 bits per heavy atom. The van der Waals surface area contributed by atoms with Crippen LogP contribution in [0.3, 0.4) is 0 Å². The second-order valence-electron chi connectivity index (χ2n) is 4.63. The van der Waals surface area contributed by atoms with Crippen LogP contribution in [-0.2, 0) is 0 Å². The number of halogens is 2. The summed E-state index contributed by atoms with van der Waals surface area (Å²) in [6.45, 7) is 3.60. The number of likely N-dealkylation sites (N-methyl/N-ethyl adjacent to an activating group) is 1. The van der Waals surface area contributed by atoms with Crippen LogP contribution in [0.2, 0.25) is 0 Å². The van der Waals surface area contributed by atoms with Crippen LogP contribution in [0.1, 0.15) is 0 Å². The highest BCUT2D eigenvalue weighted by Gasteiger charge is 2.18. The van der Waals surface area contributed by atoms with Crippen molar-refractivity contribution in [2.75, 3.05) is 44.0 Å². The molecule has 0 radical (unpaired) electrons. The van der Waals surface area contributed by atoms with Crippen molar-refractivity contribution < 1.29 is 4.39 Å². The van der Waals surface area contributed by atoms with Crippen LogP contribution in [0.15, 0.2) is 23.2 Å². The van der Waals surface area contributed by atoms with Crippen molar-refractivity contribution in [3.63, 3.8) is 0 Å². The van der Waals surface area contributed by atoms with Crippen LogP contribution in [-0.4, -0.2) is 49.8 Å². The van der Waals surface area contributed by atoms with Gasteiger partial charge in [-0.25, -0.2) is 9.38 Å². The van der Waals surface area contributed by atoms with Crippen molar-refractivity contribution >= 4 is 28.8 Å². The monoisotopic (exact) mass is 284 g/mol. The van der Waals surface area contributed by atoms with Crippen molar-refractivity contribution in [3.05, 3.63) is 24.0 Å². The number of piperazine rings is 1. The van der Waals surface area contributed by atoms with Crippen LogP contribution in [0, 0.1) is 5.82 Å². The van der Waals surface area contributed by atoms with Crippen LogP contribution in [0.4, 0.5) is 15.8 Å². The van der Waals surface area contributed by atoms with Crippen molar-refractivity contribution in [1.29, 1.82) is 0 Å². The molecular formula is C13H18ClFN4. The molecule has 0 bridgehead atoms. The average Bonchev–Trinajstić information content (AvgIpc) is 2.42. The maximum Gasteiger partial charge on any atom is 0.151 e. The molecule has 0 atom stereocenters. The van der Waals surface area contributed by atoms with Crippen LogP contribution in [0.5, 0.6) is 0 Å². The molecule has 0 saturated carbocycles. The lowest BCUT2D eigenvalue weighted by molar-refractivity contribution is 0.313. The van der Waals surface area contributed by atoms with E-state index in [1.807, 2.05) is 6.07 Å². The molecule has 4 nitrogen and oxygen atoms in total. The highest BCUT2D eigenvalue weighted by Crippen LogP contribution is 2.32. The van der Waals surface area contributed by atoms with Crippen molar-refractivity contribution in [3.8, 4) is 0 Å². The van der Waals surface area contributed by atoms with Gasteiger partial charge in [-0.1, -0.05) is 6.07 Å². The van der Waals surface area contributed by atoms with Gasteiger partial charge in [0.25, 0.3) is 0 Å². The summed E-state index contributed by atoms with van der Waals surface area (Å²) in [4.78, 5) is 8.47. The topological polar surface area (TPSA) is 44.9 Å². The molecule has 1 aromatic carbocycles. The lowest BCUT2D eigenvalue weighted by atomic mass is 10.2. The smallest absolute Gasteiger partial charge is 0.151 e. The fourth-order valence-electron chi connectivity index (χ4n) is 2.09. The SMILES string of the molecule is CN1CCN(c2cccc(F)c2N=C(N)CCl)CC1. The summed E-state index contributed by atoms with van der Waals surface area (Å²) in [6.07, 6.45) is 0. The second-order valence-corrected chi connectivity index (χ2v) is 4.90. The molecular weight excluding hydrogens is 267 g/mol. The van der Waals surface area contributed by atoms with Gasteiger partial charge in [0.1, 0.15) is 11.5 Å². The molecule has 1 aromatic rings. The van der Waals surface area contributed by atoms with E-state index in [1.54, 1.807) is 6.07 Å². The molecule has 2 N–H and O–H groups in total. The number of amidine groups is 1. The normalized spacial score (nSPS) is 17.8. The largest absolute Gasteiger partial charge is 0.386 e. The van der Waals surface area contributed by atoms with Crippen LogP contribution in [0.25, 0.3) is 0 Å². The van der Waals surface area contributed by atoms with Crippen LogP contribution < -0.4 is 10.6 Å². The van der Waals surface area contributed by atoms with E-state index in [4.69, 9.17) is 17.3 Å². The molecule has 1 aliphatic rings. The lowest BCUT2D eigenvalue weighted by Gasteiger charge is -2.34. The Labute approximate surface area is 117 Å². The molecule has 0 amide bonds. The maximum absolute atomic E-state index is 13.9. The first-order chi connectivity index (χ1) is 9.11. The van der Waals surface area contributed by atoms with Gasteiger partial charge in [-0.15, -0.1) is 11.6 Å². The Morgan fingerprint density at radius 2 is 2.05 bits per heavy atom. The fourth-order valence-corrected chi connectivity index (χ4v) is 2.15. The standard InChI is InChI=1S/C13H18ClFN4/c1-18-5-7-19(8-6-18)11-4-2-3-10(15)13(11)17-12(16)9-14/h2-4H,5-9H2,1H3,(H2,16,17). The third-order valence-corrected chi connectivity index (χ3v) is 3.48. The molecule has 1 aliphatic heterocycles. The molecule has 6 heteroatoms. The van der Waals surface area contributed by atoms with E-state index >= 15 is 0 Å². The summed E-state index contributed by atoms with van der Waals surface area (Å²) in [6, 6.07) is 4.95. The molecule has 0 unspecified atom stereocenters. The van der Waals surface area contributed by atoms with Gasteiger partial charge in [-0.05, 0) is 19.2 Å². The van der Waals surface area contributed by atoms with Crippen molar-refractivity contribution in [1.82, 2.24) is 4.90 Å². The molecule has 2 rings (SSSR count). The van der Waals surface area contributed by atoms with Crippen molar-refractivity contribution in [2.45, 2.75) is 0 Å². The molecule has 0 aromatic heterocycles.